The van der Waals surface area contributed by atoms with E-state index in [1.165, 1.54) is 7.05 Å². The van der Waals surface area contributed by atoms with Crippen molar-refractivity contribution in [1.29, 1.82) is 5.41 Å². The SMILES string of the molecule is C#CCO/C(NC)=C(\C=O)C(=N)c1ccc(OCc2c(C)cccc2N(N)C(=O)N(C)N)c(C)c1. The number of carbonyl (C=O) groups is 2. The lowest BCUT2D eigenvalue weighted by molar-refractivity contribution is -0.104. The number of carbonyl (C=O) groups excluding carboxylic acids is 2. The van der Waals surface area contributed by atoms with Gasteiger partial charge in [-0.1, -0.05) is 18.1 Å². The van der Waals surface area contributed by atoms with Gasteiger partial charge in [0, 0.05) is 25.2 Å². The summed E-state index contributed by atoms with van der Waals surface area (Å²) in [5.41, 5.74) is 3.32. The molecule has 0 aliphatic carbocycles. The number of urea groups is 1. The number of nitrogens with one attached hydrogen (secondary N) is 2. The summed E-state index contributed by atoms with van der Waals surface area (Å²) < 4.78 is 11.4. The zero-order valence-electron chi connectivity index (χ0n) is 20.2. The van der Waals surface area contributed by atoms with E-state index in [0.29, 0.717) is 23.3 Å². The van der Waals surface area contributed by atoms with Gasteiger partial charge in [0.15, 0.2) is 12.2 Å². The second kappa shape index (κ2) is 12.2. The molecule has 10 nitrogen and oxygen atoms in total. The molecular weight excluding hydrogens is 448 g/mol. The lowest BCUT2D eigenvalue weighted by atomic mass is 10.0. The molecule has 6 N–H and O–H groups in total. The second-order valence-corrected chi connectivity index (χ2v) is 7.58. The van der Waals surface area contributed by atoms with E-state index in [9.17, 15) is 9.59 Å². The first-order valence-corrected chi connectivity index (χ1v) is 10.6. The maximum absolute atomic E-state index is 12.2. The summed E-state index contributed by atoms with van der Waals surface area (Å²) in [6, 6.07) is 9.91. The van der Waals surface area contributed by atoms with Gasteiger partial charge in [-0.15, -0.1) is 6.42 Å². The van der Waals surface area contributed by atoms with Gasteiger partial charge >= 0.3 is 6.03 Å². The normalized spacial score (nSPS) is 11.0. The molecule has 2 rings (SSSR count). The van der Waals surface area contributed by atoms with Crippen molar-refractivity contribution in [2.75, 3.05) is 25.7 Å². The first-order chi connectivity index (χ1) is 16.7. The largest absolute Gasteiger partial charge is 0.489 e. The zero-order chi connectivity index (χ0) is 26.1. The van der Waals surface area contributed by atoms with Crippen LogP contribution in [-0.4, -0.2) is 43.7 Å². The van der Waals surface area contributed by atoms with E-state index in [2.05, 4.69) is 11.2 Å². The minimum atomic E-state index is -0.581. The van der Waals surface area contributed by atoms with Gasteiger partial charge in [-0.05, 0) is 49.2 Å². The Morgan fingerprint density at radius 2 is 1.94 bits per heavy atom. The molecule has 0 unspecified atom stereocenters. The van der Waals surface area contributed by atoms with Crippen LogP contribution < -0.4 is 26.7 Å². The van der Waals surface area contributed by atoms with Crippen molar-refractivity contribution in [2.45, 2.75) is 20.5 Å². The van der Waals surface area contributed by atoms with E-state index in [1.54, 1.807) is 37.4 Å². The van der Waals surface area contributed by atoms with Crippen molar-refractivity contribution >= 4 is 23.7 Å². The molecule has 184 valence electrons. The monoisotopic (exact) mass is 478 g/mol. The number of nitrogens with zero attached hydrogens (tertiary/aromatic N) is 2. The molecule has 0 heterocycles. The average molecular weight is 479 g/mol. The molecule has 0 bridgehead atoms. The third-order valence-corrected chi connectivity index (χ3v) is 5.15. The van der Waals surface area contributed by atoms with Crippen molar-refractivity contribution < 1.29 is 19.1 Å². The van der Waals surface area contributed by atoms with Gasteiger partial charge in [0.25, 0.3) is 0 Å². The highest BCUT2D eigenvalue weighted by atomic mass is 16.5. The van der Waals surface area contributed by atoms with Gasteiger partial charge in [0.05, 0.1) is 17.0 Å². The third-order valence-electron chi connectivity index (χ3n) is 5.15. The lowest BCUT2D eigenvalue weighted by Gasteiger charge is -2.24. The highest BCUT2D eigenvalue weighted by Crippen LogP contribution is 2.27. The number of ether oxygens (including phenoxy) is 2. The van der Waals surface area contributed by atoms with Crippen molar-refractivity contribution in [3.05, 3.63) is 70.1 Å². The quantitative estimate of drug-likeness (QED) is 0.0598. The maximum atomic E-state index is 12.2. The Labute approximate surface area is 204 Å². The lowest BCUT2D eigenvalue weighted by Crippen LogP contribution is -2.49. The van der Waals surface area contributed by atoms with E-state index in [4.69, 9.17) is 33.0 Å². The molecule has 0 aromatic heterocycles. The van der Waals surface area contributed by atoms with Gasteiger partial charge in [-0.2, -0.15) is 0 Å². The Balaban J connectivity index is 2.29. The van der Waals surface area contributed by atoms with Gasteiger partial charge in [-0.3, -0.25) is 15.2 Å². The van der Waals surface area contributed by atoms with Gasteiger partial charge in [-0.25, -0.2) is 21.5 Å². The van der Waals surface area contributed by atoms with Crippen molar-refractivity contribution in [3.63, 3.8) is 0 Å². The number of hydrazine groups is 2. The fourth-order valence-electron chi connectivity index (χ4n) is 3.27. The molecule has 10 heteroatoms. The molecule has 35 heavy (non-hydrogen) atoms. The van der Waals surface area contributed by atoms with Crippen LogP contribution >= 0.6 is 0 Å². The molecule has 0 saturated heterocycles. The Morgan fingerprint density at radius 1 is 1.23 bits per heavy atom. The number of amides is 2. The highest BCUT2D eigenvalue weighted by molar-refractivity contribution is 6.21. The Kier molecular flexibility index (Phi) is 9.40. The first kappa shape index (κ1) is 26.9. The number of aryl methyl sites for hydroxylation is 2. The van der Waals surface area contributed by atoms with Gasteiger partial charge in [0.1, 0.15) is 19.0 Å². The summed E-state index contributed by atoms with van der Waals surface area (Å²) in [7, 11) is 2.98. The predicted molar refractivity (Wildman–Crippen MR) is 134 cm³/mol. The van der Waals surface area contributed by atoms with E-state index >= 15 is 0 Å². The second-order valence-electron chi connectivity index (χ2n) is 7.58. The first-order valence-electron chi connectivity index (χ1n) is 10.6. The highest BCUT2D eigenvalue weighted by Gasteiger charge is 2.20. The van der Waals surface area contributed by atoms with Gasteiger partial charge in [0.2, 0.25) is 0 Å². The summed E-state index contributed by atoms with van der Waals surface area (Å²) in [6.07, 6.45) is 5.76. The Bertz CT molecular complexity index is 1180. The fraction of sp³-hybridized carbons (Fsp3) is 0.240. The van der Waals surface area contributed by atoms with Crippen LogP contribution in [0.25, 0.3) is 0 Å². The molecule has 0 aliphatic heterocycles. The van der Waals surface area contributed by atoms with Crippen LogP contribution in [0.3, 0.4) is 0 Å². The van der Waals surface area contributed by atoms with Crippen molar-refractivity contribution in [1.82, 2.24) is 10.3 Å². The number of hydrogen-bond donors (Lipinski definition) is 4. The van der Waals surface area contributed by atoms with E-state index < -0.39 is 6.03 Å². The van der Waals surface area contributed by atoms with Crippen LogP contribution in [0, 0.1) is 31.6 Å². The third kappa shape index (κ3) is 6.38. The molecule has 0 aliphatic rings. The maximum Gasteiger partial charge on any atom is 0.352 e. The summed E-state index contributed by atoms with van der Waals surface area (Å²) in [6.45, 7) is 3.81. The van der Waals surface area contributed by atoms with Gasteiger partial charge < -0.3 is 14.8 Å². The summed E-state index contributed by atoms with van der Waals surface area (Å²) in [5, 5.41) is 13.1. The fourth-order valence-corrected chi connectivity index (χ4v) is 3.27. The molecule has 0 fully saturated rings. The van der Waals surface area contributed by atoms with Crippen LogP contribution in [0.15, 0.2) is 47.9 Å². The summed E-state index contributed by atoms with van der Waals surface area (Å²) in [5.74, 6) is 14.5. The molecule has 2 amide bonds. The molecule has 0 atom stereocenters. The van der Waals surface area contributed by atoms with Crippen molar-refractivity contribution in [3.8, 4) is 18.1 Å². The van der Waals surface area contributed by atoms with E-state index in [0.717, 1.165) is 26.7 Å². The van der Waals surface area contributed by atoms with E-state index in [1.807, 2.05) is 19.9 Å². The van der Waals surface area contributed by atoms with Crippen LogP contribution in [-0.2, 0) is 16.1 Å². The summed E-state index contributed by atoms with van der Waals surface area (Å²) in [4.78, 5) is 23.9. The molecule has 2 aromatic carbocycles. The number of anilines is 1. The van der Waals surface area contributed by atoms with E-state index in [-0.39, 0.29) is 30.4 Å². The van der Waals surface area contributed by atoms with Crippen LogP contribution in [0.2, 0.25) is 0 Å². The summed E-state index contributed by atoms with van der Waals surface area (Å²) >= 11 is 0. The average Bonchev–Trinajstić information content (AvgIpc) is 2.84. The number of terminal acetylenes is 1. The Morgan fingerprint density at radius 3 is 2.51 bits per heavy atom. The molecule has 0 spiro atoms. The topological polar surface area (TPSA) is 147 Å². The molecule has 0 saturated carbocycles. The number of nitrogens with two attached hydrogens (primary N) is 2. The van der Waals surface area contributed by atoms with Crippen molar-refractivity contribution in [2.24, 2.45) is 11.7 Å². The standard InChI is InChI=1S/C25H30N6O4/c1-6-12-34-24(29-4)19(14-32)23(26)18-10-11-22(17(3)13-18)35-15-20-16(2)8-7-9-21(20)31(28)25(33)30(5)27/h1,7-11,13-14,26,29H,12,15,27-28H2,2-5H3/b24-19+,26-23?. The minimum absolute atomic E-state index is 0.0274. The Hall–Kier alpha value is -4.33. The van der Waals surface area contributed by atoms with Crippen LogP contribution in [0.5, 0.6) is 5.75 Å². The van der Waals surface area contributed by atoms with Crippen LogP contribution in [0.4, 0.5) is 10.5 Å². The number of benzene rings is 2. The minimum Gasteiger partial charge on any atom is -0.489 e. The number of rotatable bonds is 10. The number of hydrogen-bond acceptors (Lipinski definition) is 8. The molecular formula is C25H30N6O4. The number of aldehydes is 1. The predicted octanol–water partition coefficient (Wildman–Crippen LogP) is 2.14. The zero-order valence-corrected chi connectivity index (χ0v) is 20.2. The number of allylic oxidation sites excluding steroid dienone is 1. The molecule has 2 aromatic rings. The molecule has 0 radical (unpaired) electrons. The smallest absolute Gasteiger partial charge is 0.352 e. The van der Waals surface area contributed by atoms with Crippen LogP contribution in [0.1, 0.15) is 22.3 Å².